The average Bonchev–Trinajstić information content (AvgIpc) is 2.70. The lowest BCUT2D eigenvalue weighted by Gasteiger charge is -2.03. The molecule has 0 atom stereocenters. The molecule has 0 radical (unpaired) electrons. The third-order valence-electron chi connectivity index (χ3n) is 1.73. The summed E-state index contributed by atoms with van der Waals surface area (Å²) in [6.45, 7) is 0. The topological polar surface area (TPSA) is 80.9 Å². The van der Waals surface area contributed by atoms with E-state index in [4.69, 9.17) is 5.11 Å². The van der Waals surface area contributed by atoms with Gasteiger partial charge in [0.1, 0.15) is 12.7 Å². The fourth-order valence-electron chi connectivity index (χ4n) is 1.05. The summed E-state index contributed by atoms with van der Waals surface area (Å²) in [5.41, 5.74) is 0.124. The standard InChI is InChI=1S/C8H5BrN4O2/c9-6-1-5(8(14)15)2-10-7(6)13-3-11-12-4-13/h1-4H,(H,14,15). The maximum atomic E-state index is 10.7. The summed E-state index contributed by atoms with van der Waals surface area (Å²) in [6, 6.07) is 1.48. The highest BCUT2D eigenvalue weighted by Crippen LogP contribution is 2.19. The van der Waals surface area contributed by atoms with Crippen molar-refractivity contribution in [1.82, 2.24) is 19.7 Å². The second-order valence-corrected chi connectivity index (χ2v) is 3.56. The number of carboxylic acids is 1. The van der Waals surface area contributed by atoms with Crippen molar-refractivity contribution in [3.8, 4) is 5.82 Å². The highest BCUT2D eigenvalue weighted by molar-refractivity contribution is 9.10. The lowest BCUT2D eigenvalue weighted by atomic mass is 10.3. The van der Waals surface area contributed by atoms with Gasteiger partial charge in [0.25, 0.3) is 0 Å². The molecule has 0 aliphatic carbocycles. The summed E-state index contributed by atoms with van der Waals surface area (Å²) in [5, 5.41) is 16.0. The molecule has 1 N–H and O–H groups in total. The Hall–Kier alpha value is -1.76. The zero-order chi connectivity index (χ0) is 10.8. The number of aromatic nitrogens is 4. The predicted molar refractivity (Wildman–Crippen MR) is 53.8 cm³/mol. The summed E-state index contributed by atoms with van der Waals surface area (Å²) < 4.78 is 2.15. The number of carbonyl (C=O) groups is 1. The molecule has 0 unspecified atom stereocenters. The Kier molecular flexibility index (Phi) is 2.46. The van der Waals surface area contributed by atoms with Crippen molar-refractivity contribution in [3.05, 3.63) is 35.0 Å². The van der Waals surface area contributed by atoms with Gasteiger partial charge in [0.05, 0.1) is 10.0 Å². The first-order chi connectivity index (χ1) is 7.18. The number of nitrogens with zero attached hydrogens (tertiary/aromatic N) is 4. The summed E-state index contributed by atoms with van der Waals surface area (Å²) in [6.07, 6.45) is 4.24. The third-order valence-corrected chi connectivity index (χ3v) is 2.32. The van der Waals surface area contributed by atoms with Gasteiger partial charge in [-0.15, -0.1) is 10.2 Å². The fraction of sp³-hybridized carbons (Fsp3) is 0. The predicted octanol–water partition coefficient (Wildman–Crippen LogP) is 1.12. The van der Waals surface area contributed by atoms with Gasteiger partial charge in [-0.05, 0) is 22.0 Å². The molecule has 0 fully saturated rings. The Morgan fingerprint density at radius 1 is 1.40 bits per heavy atom. The molecule has 0 saturated carbocycles. The minimum Gasteiger partial charge on any atom is -0.478 e. The minimum atomic E-state index is -1.02. The van der Waals surface area contributed by atoms with Crippen LogP contribution in [0, 0.1) is 0 Å². The summed E-state index contributed by atoms with van der Waals surface area (Å²) in [4.78, 5) is 14.7. The van der Waals surface area contributed by atoms with Gasteiger partial charge in [0.15, 0.2) is 5.82 Å². The molecule has 0 aliphatic heterocycles. The number of hydrogen-bond donors (Lipinski definition) is 1. The summed E-state index contributed by atoms with van der Waals surface area (Å²) in [7, 11) is 0. The van der Waals surface area contributed by atoms with Crippen molar-refractivity contribution >= 4 is 21.9 Å². The van der Waals surface area contributed by atoms with Crippen molar-refractivity contribution in [2.45, 2.75) is 0 Å². The van der Waals surface area contributed by atoms with Crippen LogP contribution in [0.2, 0.25) is 0 Å². The molecular formula is C8H5BrN4O2. The van der Waals surface area contributed by atoms with Crippen LogP contribution in [-0.2, 0) is 0 Å². The van der Waals surface area contributed by atoms with Gasteiger partial charge in [0, 0.05) is 6.20 Å². The van der Waals surface area contributed by atoms with Crippen LogP contribution in [-0.4, -0.2) is 30.8 Å². The number of aromatic carboxylic acids is 1. The Morgan fingerprint density at radius 2 is 2.07 bits per heavy atom. The van der Waals surface area contributed by atoms with E-state index in [1.807, 2.05) is 0 Å². The maximum absolute atomic E-state index is 10.7. The lowest BCUT2D eigenvalue weighted by molar-refractivity contribution is 0.0696. The van der Waals surface area contributed by atoms with Gasteiger partial charge < -0.3 is 5.11 Å². The van der Waals surface area contributed by atoms with E-state index in [1.165, 1.54) is 24.9 Å². The summed E-state index contributed by atoms with van der Waals surface area (Å²) >= 11 is 3.23. The Morgan fingerprint density at radius 3 is 2.60 bits per heavy atom. The molecule has 2 aromatic rings. The van der Waals surface area contributed by atoms with Gasteiger partial charge in [-0.1, -0.05) is 0 Å². The van der Waals surface area contributed by atoms with Crippen molar-refractivity contribution < 1.29 is 9.90 Å². The molecule has 7 heteroatoms. The quantitative estimate of drug-likeness (QED) is 0.883. The number of hydrogen-bond acceptors (Lipinski definition) is 4. The van der Waals surface area contributed by atoms with Gasteiger partial charge >= 0.3 is 5.97 Å². The monoisotopic (exact) mass is 268 g/mol. The molecule has 0 aromatic carbocycles. The van der Waals surface area contributed by atoms with Crippen LogP contribution in [0.4, 0.5) is 0 Å². The first-order valence-electron chi connectivity index (χ1n) is 3.92. The highest BCUT2D eigenvalue weighted by Gasteiger charge is 2.09. The van der Waals surface area contributed by atoms with E-state index in [0.717, 1.165) is 0 Å². The molecule has 2 heterocycles. The molecular weight excluding hydrogens is 264 g/mol. The zero-order valence-electron chi connectivity index (χ0n) is 7.33. The fourth-order valence-corrected chi connectivity index (χ4v) is 1.60. The van der Waals surface area contributed by atoms with Gasteiger partial charge in [-0.3, -0.25) is 4.57 Å². The van der Waals surface area contributed by atoms with Crippen LogP contribution in [0.3, 0.4) is 0 Å². The van der Waals surface area contributed by atoms with E-state index in [2.05, 4.69) is 31.1 Å². The normalized spacial score (nSPS) is 10.2. The molecule has 0 saturated heterocycles. The van der Waals surface area contributed by atoms with Crippen molar-refractivity contribution in [2.24, 2.45) is 0 Å². The molecule has 2 rings (SSSR count). The number of pyridine rings is 1. The zero-order valence-corrected chi connectivity index (χ0v) is 8.92. The van der Waals surface area contributed by atoms with Crippen molar-refractivity contribution in [1.29, 1.82) is 0 Å². The van der Waals surface area contributed by atoms with E-state index < -0.39 is 5.97 Å². The van der Waals surface area contributed by atoms with E-state index in [9.17, 15) is 4.79 Å². The highest BCUT2D eigenvalue weighted by atomic mass is 79.9. The van der Waals surface area contributed by atoms with Gasteiger partial charge in [-0.25, -0.2) is 9.78 Å². The molecule has 0 aliphatic rings. The lowest BCUT2D eigenvalue weighted by Crippen LogP contribution is -2.01. The van der Waals surface area contributed by atoms with Gasteiger partial charge in [-0.2, -0.15) is 0 Å². The SMILES string of the molecule is O=C(O)c1cnc(-n2cnnc2)c(Br)c1. The van der Waals surface area contributed by atoms with Crippen LogP contribution in [0.5, 0.6) is 0 Å². The first-order valence-corrected chi connectivity index (χ1v) is 4.71. The van der Waals surface area contributed by atoms with Crippen LogP contribution >= 0.6 is 15.9 Å². The molecule has 76 valence electrons. The molecule has 0 amide bonds. The second kappa shape index (κ2) is 3.77. The Balaban J connectivity index is 2.48. The third kappa shape index (κ3) is 1.86. The smallest absolute Gasteiger partial charge is 0.337 e. The first kappa shape index (κ1) is 9.78. The largest absolute Gasteiger partial charge is 0.478 e. The minimum absolute atomic E-state index is 0.124. The van der Waals surface area contributed by atoms with E-state index >= 15 is 0 Å². The van der Waals surface area contributed by atoms with Crippen LogP contribution in [0.1, 0.15) is 10.4 Å². The van der Waals surface area contributed by atoms with Crippen LogP contribution in [0.25, 0.3) is 5.82 Å². The Labute approximate surface area is 92.7 Å². The molecule has 15 heavy (non-hydrogen) atoms. The van der Waals surface area contributed by atoms with E-state index in [1.54, 1.807) is 4.57 Å². The maximum Gasteiger partial charge on any atom is 0.337 e. The van der Waals surface area contributed by atoms with Gasteiger partial charge in [0.2, 0.25) is 0 Å². The average molecular weight is 269 g/mol. The van der Waals surface area contributed by atoms with Crippen LogP contribution < -0.4 is 0 Å². The van der Waals surface area contributed by atoms with E-state index in [0.29, 0.717) is 10.3 Å². The molecule has 2 aromatic heterocycles. The molecule has 0 spiro atoms. The van der Waals surface area contributed by atoms with Crippen molar-refractivity contribution in [2.75, 3.05) is 0 Å². The molecule has 6 nitrogen and oxygen atoms in total. The Bertz CT molecular complexity index is 497. The summed E-state index contributed by atoms with van der Waals surface area (Å²) in [5.74, 6) is -0.469. The number of carboxylic acid groups (broad SMARTS) is 1. The van der Waals surface area contributed by atoms with E-state index in [-0.39, 0.29) is 5.56 Å². The van der Waals surface area contributed by atoms with Crippen molar-refractivity contribution in [3.63, 3.8) is 0 Å². The number of rotatable bonds is 2. The number of halogens is 1. The van der Waals surface area contributed by atoms with Crippen LogP contribution in [0.15, 0.2) is 29.4 Å². The molecule has 0 bridgehead atoms. The second-order valence-electron chi connectivity index (χ2n) is 2.70.